The smallest absolute Gasteiger partial charge is 0.266 e. The lowest BCUT2D eigenvalue weighted by atomic mass is 10.1. The van der Waals surface area contributed by atoms with E-state index in [2.05, 4.69) is 26.8 Å². The zero-order valence-corrected chi connectivity index (χ0v) is 13.2. The molecule has 0 spiro atoms. The maximum absolute atomic E-state index is 12.7. The Bertz CT molecular complexity index is 612. The van der Waals surface area contributed by atoms with Gasteiger partial charge in [0, 0.05) is 23.2 Å². The van der Waals surface area contributed by atoms with Gasteiger partial charge in [0.1, 0.15) is 4.88 Å². The Morgan fingerprint density at radius 2 is 1.90 bits per heavy atom. The second kappa shape index (κ2) is 6.27. The summed E-state index contributed by atoms with van der Waals surface area (Å²) in [7, 11) is 0. The summed E-state index contributed by atoms with van der Waals surface area (Å²) in [4.78, 5) is 15.3. The van der Waals surface area contributed by atoms with Crippen molar-refractivity contribution in [1.29, 1.82) is 0 Å². The number of hydrogen-bond donors (Lipinski definition) is 1. The van der Waals surface area contributed by atoms with Gasteiger partial charge in [0.25, 0.3) is 5.91 Å². The summed E-state index contributed by atoms with van der Waals surface area (Å²) >= 11 is 1.51. The highest BCUT2D eigenvalue weighted by Crippen LogP contribution is 2.35. The standard InChI is InChI=1S/C16H22N2OS/c1-4-8-18(9-5-2)16(19)15-14(17)12-7-6-11(3)10-13(12)20-15/h6-7,10H,4-5,8-9,17H2,1-3H3. The molecule has 108 valence electrons. The molecule has 0 radical (unpaired) electrons. The van der Waals surface area contributed by atoms with Gasteiger partial charge in [-0.15, -0.1) is 11.3 Å². The first-order chi connectivity index (χ1) is 9.58. The Labute approximate surface area is 124 Å². The molecular weight excluding hydrogens is 268 g/mol. The molecule has 4 heteroatoms. The summed E-state index contributed by atoms with van der Waals surface area (Å²) < 4.78 is 1.10. The number of rotatable bonds is 5. The molecule has 2 rings (SSSR count). The highest BCUT2D eigenvalue weighted by molar-refractivity contribution is 7.21. The van der Waals surface area contributed by atoms with Gasteiger partial charge in [0.15, 0.2) is 0 Å². The van der Waals surface area contributed by atoms with Crippen LogP contribution >= 0.6 is 11.3 Å². The number of fused-ring (bicyclic) bond motifs is 1. The third-order valence-corrected chi connectivity index (χ3v) is 4.51. The van der Waals surface area contributed by atoms with Crippen molar-refractivity contribution in [3.05, 3.63) is 28.6 Å². The number of benzene rings is 1. The molecule has 1 aromatic carbocycles. The van der Waals surface area contributed by atoms with Gasteiger partial charge in [-0.2, -0.15) is 0 Å². The Hall–Kier alpha value is -1.55. The van der Waals surface area contributed by atoms with Crippen LogP contribution in [-0.2, 0) is 0 Å². The van der Waals surface area contributed by atoms with E-state index in [9.17, 15) is 4.79 Å². The zero-order valence-electron chi connectivity index (χ0n) is 12.4. The molecule has 0 aliphatic rings. The van der Waals surface area contributed by atoms with Crippen LogP contribution in [0.25, 0.3) is 10.1 Å². The molecule has 0 atom stereocenters. The van der Waals surface area contributed by atoms with Crippen LogP contribution in [0.5, 0.6) is 0 Å². The van der Waals surface area contributed by atoms with Crippen molar-refractivity contribution in [2.45, 2.75) is 33.6 Å². The summed E-state index contributed by atoms with van der Waals surface area (Å²) in [5.41, 5.74) is 8.01. The summed E-state index contributed by atoms with van der Waals surface area (Å²) in [5.74, 6) is 0.0741. The second-order valence-electron chi connectivity index (χ2n) is 5.14. The molecule has 0 aliphatic heterocycles. The number of thiophene rings is 1. The van der Waals surface area contributed by atoms with E-state index in [0.29, 0.717) is 10.6 Å². The lowest BCUT2D eigenvalue weighted by Gasteiger charge is -2.20. The molecular formula is C16H22N2OS. The lowest BCUT2D eigenvalue weighted by Crippen LogP contribution is -2.32. The van der Waals surface area contributed by atoms with Crippen molar-refractivity contribution in [3.63, 3.8) is 0 Å². The minimum absolute atomic E-state index is 0.0741. The number of nitrogen functional groups attached to an aromatic ring is 1. The number of nitrogens with two attached hydrogens (primary N) is 1. The van der Waals surface area contributed by atoms with Crippen LogP contribution in [-0.4, -0.2) is 23.9 Å². The van der Waals surface area contributed by atoms with E-state index in [1.165, 1.54) is 16.9 Å². The Morgan fingerprint density at radius 1 is 1.25 bits per heavy atom. The van der Waals surface area contributed by atoms with E-state index >= 15 is 0 Å². The summed E-state index contributed by atoms with van der Waals surface area (Å²) in [6, 6.07) is 6.14. The van der Waals surface area contributed by atoms with E-state index in [0.717, 1.165) is 36.0 Å². The quantitative estimate of drug-likeness (QED) is 0.902. The predicted octanol–water partition coefficient (Wildman–Crippen LogP) is 4.05. The number of carbonyl (C=O) groups excluding carboxylic acids is 1. The van der Waals surface area contributed by atoms with E-state index in [4.69, 9.17) is 5.73 Å². The van der Waals surface area contributed by atoms with Crippen LogP contribution in [0, 0.1) is 6.92 Å². The first-order valence-corrected chi connectivity index (χ1v) is 7.98. The maximum atomic E-state index is 12.7. The van der Waals surface area contributed by atoms with Crippen LogP contribution in [0.1, 0.15) is 41.9 Å². The molecule has 20 heavy (non-hydrogen) atoms. The summed E-state index contributed by atoms with van der Waals surface area (Å²) in [6.45, 7) is 7.82. The van der Waals surface area contributed by atoms with Crippen LogP contribution < -0.4 is 5.73 Å². The molecule has 0 bridgehead atoms. The fraction of sp³-hybridized carbons (Fsp3) is 0.438. The van der Waals surface area contributed by atoms with Crippen LogP contribution in [0.3, 0.4) is 0 Å². The van der Waals surface area contributed by atoms with Crippen molar-refractivity contribution in [2.24, 2.45) is 0 Å². The summed E-state index contributed by atoms with van der Waals surface area (Å²) in [5, 5.41) is 0.997. The number of carbonyl (C=O) groups is 1. The van der Waals surface area contributed by atoms with Gasteiger partial charge in [-0.25, -0.2) is 0 Å². The van der Waals surface area contributed by atoms with Gasteiger partial charge in [-0.05, 0) is 31.4 Å². The van der Waals surface area contributed by atoms with E-state index in [1.54, 1.807) is 0 Å². The number of anilines is 1. The minimum atomic E-state index is 0.0741. The maximum Gasteiger partial charge on any atom is 0.266 e. The average Bonchev–Trinajstić information content (AvgIpc) is 2.74. The van der Waals surface area contributed by atoms with Crippen molar-refractivity contribution < 1.29 is 4.79 Å². The van der Waals surface area contributed by atoms with E-state index < -0.39 is 0 Å². The van der Waals surface area contributed by atoms with Gasteiger partial charge in [-0.3, -0.25) is 4.79 Å². The molecule has 1 heterocycles. The summed E-state index contributed by atoms with van der Waals surface area (Å²) in [6.07, 6.45) is 1.94. The number of hydrogen-bond acceptors (Lipinski definition) is 3. The van der Waals surface area contributed by atoms with Crippen LogP contribution in [0.2, 0.25) is 0 Å². The zero-order chi connectivity index (χ0) is 14.7. The first kappa shape index (κ1) is 14.9. The highest BCUT2D eigenvalue weighted by Gasteiger charge is 2.21. The van der Waals surface area contributed by atoms with Crippen molar-refractivity contribution in [1.82, 2.24) is 4.90 Å². The third-order valence-electron chi connectivity index (χ3n) is 3.35. The number of nitrogens with zero attached hydrogens (tertiary/aromatic N) is 1. The molecule has 0 fully saturated rings. The number of amides is 1. The highest BCUT2D eigenvalue weighted by atomic mass is 32.1. The van der Waals surface area contributed by atoms with Gasteiger partial charge >= 0.3 is 0 Å². The van der Waals surface area contributed by atoms with E-state index in [-0.39, 0.29) is 5.91 Å². The van der Waals surface area contributed by atoms with Crippen molar-refractivity contribution >= 4 is 33.0 Å². The van der Waals surface area contributed by atoms with E-state index in [1.807, 2.05) is 17.0 Å². The molecule has 1 aromatic heterocycles. The molecule has 0 aliphatic carbocycles. The van der Waals surface area contributed by atoms with Gasteiger partial charge in [-0.1, -0.05) is 26.0 Å². The molecule has 0 saturated heterocycles. The monoisotopic (exact) mass is 290 g/mol. The fourth-order valence-electron chi connectivity index (χ4n) is 2.38. The number of aryl methyl sites for hydroxylation is 1. The Morgan fingerprint density at radius 3 is 2.50 bits per heavy atom. The average molecular weight is 290 g/mol. The Balaban J connectivity index is 2.40. The van der Waals surface area contributed by atoms with Crippen molar-refractivity contribution in [3.8, 4) is 0 Å². The molecule has 2 aromatic rings. The normalized spacial score (nSPS) is 10.9. The molecule has 3 nitrogen and oxygen atoms in total. The van der Waals surface area contributed by atoms with Crippen LogP contribution in [0.15, 0.2) is 18.2 Å². The fourth-order valence-corrected chi connectivity index (χ4v) is 3.57. The SMILES string of the molecule is CCCN(CCC)C(=O)c1sc2cc(C)ccc2c1N. The molecule has 0 saturated carbocycles. The lowest BCUT2D eigenvalue weighted by molar-refractivity contribution is 0.0761. The molecule has 0 unspecified atom stereocenters. The second-order valence-corrected chi connectivity index (χ2v) is 6.19. The molecule has 1 amide bonds. The largest absolute Gasteiger partial charge is 0.397 e. The Kier molecular flexibility index (Phi) is 4.65. The van der Waals surface area contributed by atoms with Gasteiger partial charge < -0.3 is 10.6 Å². The predicted molar refractivity (Wildman–Crippen MR) is 87.5 cm³/mol. The van der Waals surface area contributed by atoms with Gasteiger partial charge in [0.05, 0.1) is 5.69 Å². The van der Waals surface area contributed by atoms with Crippen molar-refractivity contribution in [2.75, 3.05) is 18.8 Å². The molecule has 2 N–H and O–H groups in total. The third kappa shape index (κ3) is 2.80. The van der Waals surface area contributed by atoms with Crippen LogP contribution in [0.4, 0.5) is 5.69 Å². The van der Waals surface area contributed by atoms with Gasteiger partial charge in [0.2, 0.25) is 0 Å². The minimum Gasteiger partial charge on any atom is -0.397 e. The topological polar surface area (TPSA) is 46.3 Å². The first-order valence-electron chi connectivity index (χ1n) is 7.16.